The van der Waals surface area contributed by atoms with Crippen molar-refractivity contribution < 1.29 is 13.9 Å². The van der Waals surface area contributed by atoms with Gasteiger partial charge in [-0.2, -0.15) is 0 Å². The SMILES string of the molecule is C[C@@H](NC(=O)Nc1cccc(-c2ncco2)c1)[C@H]1COc2ccccc21. The van der Waals surface area contributed by atoms with Gasteiger partial charge in [-0.1, -0.05) is 24.3 Å². The molecule has 0 radical (unpaired) electrons. The molecule has 0 aliphatic carbocycles. The molecule has 6 nitrogen and oxygen atoms in total. The van der Waals surface area contributed by atoms with Crippen molar-refractivity contribution in [1.82, 2.24) is 10.3 Å². The molecule has 0 saturated carbocycles. The summed E-state index contributed by atoms with van der Waals surface area (Å²) < 4.78 is 11.0. The number of para-hydroxylation sites is 1. The number of carbonyl (C=O) groups is 1. The first kappa shape index (κ1) is 16.2. The summed E-state index contributed by atoms with van der Waals surface area (Å²) in [5, 5.41) is 5.86. The van der Waals surface area contributed by atoms with Gasteiger partial charge in [0.2, 0.25) is 5.89 Å². The van der Waals surface area contributed by atoms with Gasteiger partial charge in [-0.05, 0) is 31.2 Å². The number of fused-ring (bicyclic) bond motifs is 1. The Balaban J connectivity index is 1.41. The summed E-state index contributed by atoms with van der Waals surface area (Å²) >= 11 is 0. The number of nitrogens with zero attached hydrogens (tertiary/aromatic N) is 1. The number of anilines is 1. The zero-order chi connectivity index (χ0) is 17.9. The lowest BCUT2D eigenvalue weighted by Gasteiger charge is -2.20. The number of urea groups is 1. The van der Waals surface area contributed by atoms with Gasteiger partial charge < -0.3 is 19.8 Å². The first-order valence-corrected chi connectivity index (χ1v) is 8.50. The number of ether oxygens (including phenoxy) is 1. The van der Waals surface area contributed by atoms with Gasteiger partial charge in [0, 0.05) is 28.8 Å². The molecule has 2 N–H and O–H groups in total. The van der Waals surface area contributed by atoms with Gasteiger partial charge in [-0.25, -0.2) is 9.78 Å². The lowest BCUT2D eigenvalue weighted by atomic mass is 9.94. The second-order valence-corrected chi connectivity index (χ2v) is 6.26. The second kappa shape index (κ2) is 6.92. The fourth-order valence-electron chi connectivity index (χ4n) is 3.17. The highest BCUT2D eigenvalue weighted by molar-refractivity contribution is 5.90. The van der Waals surface area contributed by atoms with E-state index in [-0.39, 0.29) is 18.0 Å². The van der Waals surface area contributed by atoms with Crippen molar-refractivity contribution >= 4 is 11.7 Å². The van der Waals surface area contributed by atoms with Crippen LogP contribution in [-0.2, 0) is 0 Å². The van der Waals surface area contributed by atoms with E-state index in [0.29, 0.717) is 18.2 Å². The number of hydrogen-bond acceptors (Lipinski definition) is 4. The van der Waals surface area contributed by atoms with Crippen LogP contribution in [0.15, 0.2) is 65.4 Å². The van der Waals surface area contributed by atoms with E-state index < -0.39 is 0 Å². The van der Waals surface area contributed by atoms with Crippen LogP contribution in [0.5, 0.6) is 5.75 Å². The number of amides is 2. The fourth-order valence-corrected chi connectivity index (χ4v) is 3.17. The molecule has 1 aromatic heterocycles. The quantitative estimate of drug-likeness (QED) is 0.746. The van der Waals surface area contributed by atoms with Gasteiger partial charge in [-0.15, -0.1) is 0 Å². The Morgan fingerprint density at radius 2 is 2.12 bits per heavy atom. The number of benzene rings is 2. The molecule has 0 unspecified atom stereocenters. The first-order valence-electron chi connectivity index (χ1n) is 8.50. The average Bonchev–Trinajstić information content (AvgIpc) is 3.32. The van der Waals surface area contributed by atoms with E-state index in [2.05, 4.69) is 15.6 Å². The Labute approximate surface area is 151 Å². The molecular weight excluding hydrogens is 330 g/mol. The minimum absolute atomic E-state index is 0.0615. The Morgan fingerprint density at radius 3 is 2.96 bits per heavy atom. The molecule has 2 aromatic carbocycles. The molecule has 26 heavy (non-hydrogen) atoms. The van der Waals surface area contributed by atoms with Crippen molar-refractivity contribution in [3.05, 3.63) is 66.6 Å². The number of rotatable bonds is 4. The highest BCUT2D eigenvalue weighted by Gasteiger charge is 2.29. The van der Waals surface area contributed by atoms with Gasteiger partial charge in [0.25, 0.3) is 0 Å². The van der Waals surface area contributed by atoms with Gasteiger partial charge in [0.05, 0.1) is 12.8 Å². The van der Waals surface area contributed by atoms with Crippen molar-refractivity contribution in [3.63, 3.8) is 0 Å². The van der Waals surface area contributed by atoms with E-state index >= 15 is 0 Å². The lowest BCUT2D eigenvalue weighted by Crippen LogP contribution is -2.40. The molecule has 0 saturated heterocycles. The van der Waals surface area contributed by atoms with Gasteiger partial charge >= 0.3 is 6.03 Å². The van der Waals surface area contributed by atoms with E-state index in [1.54, 1.807) is 6.20 Å². The minimum atomic E-state index is -0.258. The molecule has 0 spiro atoms. The molecule has 3 aromatic rings. The second-order valence-electron chi connectivity index (χ2n) is 6.26. The third kappa shape index (κ3) is 3.26. The maximum absolute atomic E-state index is 12.4. The number of nitrogens with one attached hydrogen (secondary N) is 2. The summed E-state index contributed by atoms with van der Waals surface area (Å²) in [5.41, 5.74) is 2.61. The third-order valence-electron chi connectivity index (χ3n) is 4.50. The predicted octanol–water partition coefficient (Wildman–Crippen LogP) is 4.03. The fraction of sp³-hybridized carbons (Fsp3) is 0.200. The molecule has 0 fully saturated rings. The standard InChI is InChI=1S/C20H19N3O3/c1-13(17-12-26-18-8-3-2-7-16(17)18)22-20(24)23-15-6-4-5-14(11-15)19-21-9-10-25-19/h2-11,13,17H,12H2,1H3,(H2,22,23,24)/t13-,17-/m1/s1. The molecule has 0 bridgehead atoms. The summed E-state index contributed by atoms with van der Waals surface area (Å²) in [7, 11) is 0. The van der Waals surface area contributed by atoms with Gasteiger partial charge in [0.15, 0.2) is 0 Å². The summed E-state index contributed by atoms with van der Waals surface area (Å²) in [4.78, 5) is 16.5. The smallest absolute Gasteiger partial charge is 0.319 e. The topological polar surface area (TPSA) is 76.4 Å². The number of hydrogen-bond donors (Lipinski definition) is 2. The molecule has 132 valence electrons. The molecule has 1 aliphatic heterocycles. The van der Waals surface area contributed by atoms with Crippen molar-refractivity contribution in [3.8, 4) is 17.2 Å². The third-order valence-corrected chi connectivity index (χ3v) is 4.50. The van der Waals surface area contributed by atoms with Gasteiger partial charge in [0.1, 0.15) is 12.0 Å². The van der Waals surface area contributed by atoms with Crippen LogP contribution in [0.4, 0.5) is 10.5 Å². The van der Waals surface area contributed by atoms with Crippen LogP contribution in [0, 0.1) is 0 Å². The largest absolute Gasteiger partial charge is 0.493 e. The van der Waals surface area contributed by atoms with Crippen LogP contribution in [0.2, 0.25) is 0 Å². The van der Waals surface area contributed by atoms with E-state index in [4.69, 9.17) is 9.15 Å². The van der Waals surface area contributed by atoms with E-state index in [9.17, 15) is 4.79 Å². The number of carbonyl (C=O) groups excluding carboxylic acids is 1. The maximum atomic E-state index is 12.4. The van der Waals surface area contributed by atoms with Crippen LogP contribution in [0.1, 0.15) is 18.4 Å². The molecular formula is C20H19N3O3. The zero-order valence-electron chi connectivity index (χ0n) is 14.3. The molecule has 2 amide bonds. The lowest BCUT2D eigenvalue weighted by molar-refractivity contribution is 0.244. The summed E-state index contributed by atoms with van der Waals surface area (Å²) in [5.74, 6) is 1.54. The van der Waals surface area contributed by atoms with Crippen LogP contribution >= 0.6 is 0 Å². The van der Waals surface area contributed by atoms with E-state index in [1.165, 1.54) is 6.26 Å². The molecule has 6 heteroatoms. The normalized spacial score (nSPS) is 16.4. The molecule has 2 heterocycles. The highest BCUT2D eigenvalue weighted by Crippen LogP contribution is 2.35. The van der Waals surface area contributed by atoms with Crippen LogP contribution < -0.4 is 15.4 Å². The zero-order valence-corrected chi connectivity index (χ0v) is 14.3. The Hall–Kier alpha value is -3.28. The van der Waals surface area contributed by atoms with E-state index in [1.807, 2.05) is 55.5 Å². The Kier molecular flexibility index (Phi) is 4.31. The van der Waals surface area contributed by atoms with Crippen LogP contribution in [0.25, 0.3) is 11.5 Å². The van der Waals surface area contributed by atoms with Crippen LogP contribution in [0.3, 0.4) is 0 Å². The molecule has 4 rings (SSSR count). The minimum Gasteiger partial charge on any atom is -0.493 e. The van der Waals surface area contributed by atoms with Crippen molar-refractivity contribution in [1.29, 1.82) is 0 Å². The van der Waals surface area contributed by atoms with Crippen molar-refractivity contribution in [2.24, 2.45) is 0 Å². The van der Waals surface area contributed by atoms with Crippen LogP contribution in [-0.4, -0.2) is 23.7 Å². The summed E-state index contributed by atoms with van der Waals surface area (Å²) in [6, 6.07) is 15.0. The summed E-state index contributed by atoms with van der Waals surface area (Å²) in [6.45, 7) is 2.55. The maximum Gasteiger partial charge on any atom is 0.319 e. The van der Waals surface area contributed by atoms with Crippen molar-refractivity contribution in [2.75, 3.05) is 11.9 Å². The Morgan fingerprint density at radius 1 is 1.23 bits per heavy atom. The molecule has 1 aliphatic rings. The number of oxazole rings is 1. The summed E-state index contributed by atoms with van der Waals surface area (Å²) in [6.07, 6.45) is 3.11. The average molecular weight is 349 g/mol. The predicted molar refractivity (Wildman–Crippen MR) is 98.2 cm³/mol. The first-order chi connectivity index (χ1) is 12.7. The highest BCUT2D eigenvalue weighted by atomic mass is 16.5. The van der Waals surface area contributed by atoms with Crippen molar-refractivity contribution in [2.45, 2.75) is 18.9 Å². The van der Waals surface area contributed by atoms with E-state index in [0.717, 1.165) is 16.9 Å². The monoisotopic (exact) mass is 349 g/mol. The molecule has 2 atom stereocenters. The Bertz CT molecular complexity index is 908. The number of aromatic nitrogens is 1. The van der Waals surface area contributed by atoms with Gasteiger partial charge in [-0.3, -0.25) is 0 Å².